The summed E-state index contributed by atoms with van der Waals surface area (Å²) >= 11 is 0. The first kappa shape index (κ1) is 22.2. The van der Waals surface area contributed by atoms with Crippen LogP contribution in [0.15, 0.2) is 59.1 Å². The molecule has 1 heterocycles. The summed E-state index contributed by atoms with van der Waals surface area (Å²) in [5.41, 5.74) is 4.59. The molecule has 0 unspecified atom stereocenters. The minimum Gasteiger partial charge on any atom is -0.488 e. The summed E-state index contributed by atoms with van der Waals surface area (Å²) in [6.45, 7) is 5.17. The van der Waals surface area contributed by atoms with Crippen molar-refractivity contribution in [2.45, 2.75) is 6.92 Å². The Bertz CT molecular complexity index is 1040. The third kappa shape index (κ3) is 4.46. The highest BCUT2D eigenvalue weighted by molar-refractivity contribution is 6.37. The molecule has 1 aliphatic carbocycles. The molecular formula is C25H29N2O5+. The van der Waals surface area contributed by atoms with Crippen molar-refractivity contribution in [1.82, 2.24) is 0 Å². The molecule has 7 nitrogen and oxygen atoms in total. The Kier molecular flexibility index (Phi) is 6.69. The highest BCUT2D eigenvalue weighted by atomic mass is 16.6. The summed E-state index contributed by atoms with van der Waals surface area (Å²) in [5.74, 6) is 0.284. The average molecular weight is 438 g/mol. The van der Waals surface area contributed by atoms with E-state index in [0.717, 1.165) is 22.3 Å². The first-order valence-electron chi connectivity index (χ1n) is 10.9. The zero-order chi connectivity index (χ0) is 22.6. The number of rotatable bonds is 7. The van der Waals surface area contributed by atoms with E-state index < -0.39 is 0 Å². The van der Waals surface area contributed by atoms with Crippen LogP contribution >= 0.6 is 0 Å². The van der Waals surface area contributed by atoms with Crippen molar-refractivity contribution < 1.29 is 28.9 Å². The number of hydrogen-bond donors (Lipinski definition) is 1. The van der Waals surface area contributed by atoms with Crippen LogP contribution in [-0.2, 0) is 14.3 Å². The Morgan fingerprint density at radius 2 is 1.88 bits per heavy atom. The molecule has 1 saturated heterocycles. The van der Waals surface area contributed by atoms with Gasteiger partial charge in [-0.05, 0) is 36.2 Å². The number of fused-ring (bicyclic) bond motifs is 1. The van der Waals surface area contributed by atoms with Gasteiger partial charge in [-0.3, -0.25) is 4.99 Å². The number of esters is 1. The Morgan fingerprint density at radius 1 is 1.12 bits per heavy atom. The number of benzene rings is 2. The van der Waals surface area contributed by atoms with Gasteiger partial charge in [-0.15, -0.1) is 0 Å². The monoisotopic (exact) mass is 437 g/mol. The SMILES string of the molecule is CCOC(=O)C1=C(c2ccccc2)c2ccc(OCC[N+]3(O)CCOCC3)cc2C1=NC. The van der Waals surface area contributed by atoms with Crippen LogP contribution in [0.25, 0.3) is 5.57 Å². The Hall–Kier alpha value is -3.00. The third-order valence-electron chi connectivity index (χ3n) is 5.85. The summed E-state index contributed by atoms with van der Waals surface area (Å²) < 4.78 is 16.6. The van der Waals surface area contributed by atoms with E-state index in [2.05, 4.69) is 4.99 Å². The summed E-state index contributed by atoms with van der Waals surface area (Å²) in [7, 11) is 1.68. The van der Waals surface area contributed by atoms with E-state index in [0.29, 0.717) is 56.5 Å². The number of carbonyl (C=O) groups is 1. The predicted octanol–water partition coefficient (Wildman–Crippen LogP) is 3.10. The highest BCUT2D eigenvalue weighted by Gasteiger charge is 2.34. The first-order chi connectivity index (χ1) is 15.6. The second-order valence-corrected chi connectivity index (χ2v) is 7.84. The lowest BCUT2D eigenvalue weighted by molar-refractivity contribution is -1.11. The van der Waals surface area contributed by atoms with E-state index in [9.17, 15) is 10.0 Å². The molecule has 32 heavy (non-hydrogen) atoms. The molecule has 0 saturated carbocycles. The van der Waals surface area contributed by atoms with Crippen LogP contribution in [0, 0.1) is 0 Å². The fourth-order valence-electron chi connectivity index (χ4n) is 4.19. The van der Waals surface area contributed by atoms with Crippen molar-refractivity contribution in [3.63, 3.8) is 0 Å². The Labute approximate surface area is 188 Å². The number of carbonyl (C=O) groups excluding carboxylic acids is 1. The molecule has 1 fully saturated rings. The summed E-state index contributed by atoms with van der Waals surface area (Å²) in [6, 6.07) is 15.6. The summed E-state index contributed by atoms with van der Waals surface area (Å²) in [4.78, 5) is 17.3. The minimum atomic E-state index is -0.385. The van der Waals surface area contributed by atoms with Gasteiger partial charge in [-0.1, -0.05) is 30.3 Å². The Balaban J connectivity index is 1.62. The zero-order valence-corrected chi connectivity index (χ0v) is 18.5. The second-order valence-electron chi connectivity index (χ2n) is 7.84. The second kappa shape index (κ2) is 9.65. The molecule has 1 aliphatic heterocycles. The maximum absolute atomic E-state index is 12.9. The van der Waals surface area contributed by atoms with Gasteiger partial charge in [0.25, 0.3) is 0 Å². The molecule has 0 aromatic heterocycles. The molecule has 4 rings (SSSR count). The molecule has 7 heteroatoms. The van der Waals surface area contributed by atoms with E-state index in [-0.39, 0.29) is 17.2 Å². The third-order valence-corrected chi connectivity index (χ3v) is 5.85. The van der Waals surface area contributed by atoms with Gasteiger partial charge >= 0.3 is 5.97 Å². The molecule has 0 spiro atoms. The first-order valence-corrected chi connectivity index (χ1v) is 10.9. The van der Waals surface area contributed by atoms with E-state index in [1.807, 2.05) is 48.5 Å². The fourth-order valence-corrected chi connectivity index (χ4v) is 4.19. The van der Waals surface area contributed by atoms with Crippen LogP contribution in [0.3, 0.4) is 0 Å². The van der Waals surface area contributed by atoms with Crippen LogP contribution in [0.2, 0.25) is 0 Å². The molecular weight excluding hydrogens is 408 g/mol. The van der Waals surface area contributed by atoms with Crippen LogP contribution in [0.5, 0.6) is 5.75 Å². The molecule has 168 valence electrons. The molecule has 2 aromatic carbocycles. The molecule has 2 aromatic rings. The summed E-state index contributed by atoms with van der Waals surface area (Å²) in [5, 5.41) is 10.6. The lowest BCUT2D eigenvalue weighted by Gasteiger charge is -2.33. The topological polar surface area (TPSA) is 77.4 Å². The molecule has 0 amide bonds. The molecule has 2 aliphatic rings. The van der Waals surface area contributed by atoms with Crippen molar-refractivity contribution in [1.29, 1.82) is 0 Å². The fraction of sp³-hybridized carbons (Fsp3) is 0.360. The quantitative estimate of drug-likeness (QED) is 0.532. The summed E-state index contributed by atoms with van der Waals surface area (Å²) in [6.07, 6.45) is 0. The number of morpholine rings is 1. The van der Waals surface area contributed by atoms with Crippen molar-refractivity contribution in [2.24, 2.45) is 4.99 Å². The molecule has 0 radical (unpaired) electrons. The largest absolute Gasteiger partial charge is 0.488 e. The van der Waals surface area contributed by atoms with E-state index in [4.69, 9.17) is 14.2 Å². The van der Waals surface area contributed by atoms with E-state index in [1.165, 1.54) is 0 Å². The van der Waals surface area contributed by atoms with Gasteiger partial charge in [0.15, 0.2) is 0 Å². The lowest BCUT2D eigenvalue weighted by atomic mass is 9.97. The van der Waals surface area contributed by atoms with Crippen LogP contribution in [-0.4, -0.2) is 74.6 Å². The van der Waals surface area contributed by atoms with Crippen molar-refractivity contribution in [3.05, 3.63) is 70.8 Å². The van der Waals surface area contributed by atoms with E-state index >= 15 is 0 Å². The number of quaternary nitrogens is 1. The van der Waals surface area contributed by atoms with E-state index in [1.54, 1.807) is 14.0 Å². The average Bonchev–Trinajstić information content (AvgIpc) is 3.14. The van der Waals surface area contributed by atoms with Crippen molar-refractivity contribution in [3.8, 4) is 5.75 Å². The van der Waals surface area contributed by atoms with Gasteiger partial charge in [0, 0.05) is 18.2 Å². The van der Waals surface area contributed by atoms with Gasteiger partial charge in [-0.2, -0.15) is 4.65 Å². The maximum Gasteiger partial charge on any atom is 0.340 e. The predicted molar refractivity (Wildman–Crippen MR) is 121 cm³/mol. The molecule has 1 N–H and O–H groups in total. The Morgan fingerprint density at radius 3 is 2.56 bits per heavy atom. The zero-order valence-electron chi connectivity index (χ0n) is 18.5. The molecule has 0 bridgehead atoms. The standard InChI is InChI=1S/C25H29N2O5/c1-3-31-25(28)23-22(18-7-5-4-6-8-18)20-10-9-19(17-21(20)24(23)26-2)32-16-13-27(29)11-14-30-15-12-27/h4-10,17,29H,3,11-16H2,1-2H3/q+1. The van der Waals surface area contributed by atoms with Gasteiger partial charge in [0.2, 0.25) is 0 Å². The smallest absolute Gasteiger partial charge is 0.340 e. The highest BCUT2D eigenvalue weighted by Crippen LogP contribution is 2.40. The van der Waals surface area contributed by atoms with Gasteiger partial charge in [0.1, 0.15) is 32.0 Å². The van der Waals surface area contributed by atoms with Crippen LogP contribution in [0.4, 0.5) is 0 Å². The lowest BCUT2D eigenvalue weighted by Crippen LogP contribution is -2.54. The molecule has 0 atom stereocenters. The number of hydroxylamine groups is 3. The minimum absolute atomic E-state index is 0.0423. The number of nitrogens with zero attached hydrogens (tertiary/aromatic N) is 2. The number of ether oxygens (including phenoxy) is 3. The van der Waals surface area contributed by atoms with Crippen molar-refractivity contribution in [2.75, 3.05) is 53.1 Å². The van der Waals surface area contributed by atoms with Gasteiger partial charge < -0.3 is 14.2 Å². The van der Waals surface area contributed by atoms with Gasteiger partial charge in [-0.25, -0.2) is 10.0 Å². The van der Waals surface area contributed by atoms with Crippen molar-refractivity contribution >= 4 is 17.3 Å². The maximum atomic E-state index is 12.9. The number of aliphatic imine (C=N–C) groups is 1. The normalized spacial score (nSPS) is 18.5. The van der Waals surface area contributed by atoms with Crippen LogP contribution in [0.1, 0.15) is 23.6 Å². The number of hydrogen-bond acceptors (Lipinski definition) is 6. The van der Waals surface area contributed by atoms with Crippen LogP contribution < -0.4 is 4.74 Å². The van der Waals surface area contributed by atoms with Gasteiger partial charge in [0.05, 0.1) is 31.1 Å².